The fourth-order valence-electron chi connectivity index (χ4n) is 3.69. The van der Waals surface area contributed by atoms with Crippen molar-refractivity contribution in [3.05, 3.63) is 84.1 Å². The molecule has 0 spiro atoms. The minimum absolute atomic E-state index is 0.0233. The lowest BCUT2D eigenvalue weighted by molar-refractivity contribution is 0.0648. The van der Waals surface area contributed by atoms with E-state index < -0.39 is 0 Å². The third-order valence-electron chi connectivity index (χ3n) is 5.14. The number of hydrogen-bond donors (Lipinski definition) is 0. The number of nitrogens with zero attached hydrogens (tertiary/aromatic N) is 2. The first-order valence-corrected chi connectivity index (χ1v) is 9.75. The quantitative estimate of drug-likeness (QED) is 0.592. The van der Waals surface area contributed by atoms with Crippen LogP contribution in [-0.4, -0.2) is 21.8 Å². The van der Waals surface area contributed by atoms with Gasteiger partial charge in [0.1, 0.15) is 18.1 Å². The Bertz CT molecular complexity index is 887. The molecule has 2 aromatic heterocycles. The maximum atomic E-state index is 13.3. The first kappa shape index (κ1) is 18.3. The normalized spacial score (nSPS) is 14.1. The maximum Gasteiger partial charge on any atom is 0.254 e. The van der Waals surface area contributed by atoms with Crippen LogP contribution in [0.1, 0.15) is 47.4 Å². The number of pyridine rings is 1. The first-order chi connectivity index (χ1) is 13.8. The van der Waals surface area contributed by atoms with Gasteiger partial charge < -0.3 is 14.1 Å². The molecular weight excluding hydrogens is 352 g/mol. The highest BCUT2D eigenvalue weighted by Gasteiger charge is 2.28. The Balaban J connectivity index is 1.49. The molecule has 144 valence electrons. The zero-order valence-corrected chi connectivity index (χ0v) is 15.8. The van der Waals surface area contributed by atoms with Crippen LogP contribution in [0.3, 0.4) is 0 Å². The molecule has 4 rings (SSSR count). The Labute approximate surface area is 165 Å². The molecule has 1 amide bonds. The van der Waals surface area contributed by atoms with Crippen LogP contribution in [0.25, 0.3) is 0 Å². The van der Waals surface area contributed by atoms with Gasteiger partial charge in [-0.1, -0.05) is 25.0 Å². The molecule has 5 heteroatoms. The van der Waals surface area contributed by atoms with Crippen molar-refractivity contribution in [1.29, 1.82) is 0 Å². The lowest BCUT2D eigenvalue weighted by atomic mass is 10.1. The smallest absolute Gasteiger partial charge is 0.254 e. The van der Waals surface area contributed by atoms with Crippen LogP contribution >= 0.6 is 0 Å². The summed E-state index contributed by atoms with van der Waals surface area (Å²) in [5.41, 5.74) is 1.63. The van der Waals surface area contributed by atoms with E-state index in [0.29, 0.717) is 24.5 Å². The van der Waals surface area contributed by atoms with Crippen LogP contribution in [0.5, 0.6) is 5.75 Å². The highest BCUT2D eigenvalue weighted by Crippen LogP contribution is 2.27. The molecule has 28 heavy (non-hydrogen) atoms. The minimum atomic E-state index is 0.0233. The molecular formula is C23H24N2O3. The van der Waals surface area contributed by atoms with Crippen molar-refractivity contribution in [3.63, 3.8) is 0 Å². The van der Waals surface area contributed by atoms with Crippen molar-refractivity contribution in [1.82, 2.24) is 9.88 Å². The minimum Gasteiger partial charge on any atom is -0.489 e. The van der Waals surface area contributed by atoms with Gasteiger partial charge in [0.15, 0.2) is 0 Å². The van der Waals surface area contributed by atoms with E-state index in [1.54, 1.807) is 18.7 Å². The zero-order valence-electron chi connectivity index (χ0n) is 15.8. The van der Waals surface area contributed by atoms with Crippen molar-refractivity contribution in [2.24, 2.45) is 0 Å². The Morgan fingerprint density at radius 2 is 2.04 bits per heavy atom. The van der Waals surface area contributed by atoms with Crippen LogP contribution < -0.4 is 4.74 Å². The Morgan fingerprint density at radius 1 is 1.14 bits per heavy atom. The Hall–Kier alpha value is -3.08. The molecule has 0 bridgehead atoms. The number of ether oxygens (including phenoxy) is 1. The highest BCUT2D eigenvalue weighted by molar-refractivity contribution is 5.94. The van der Waals surface area contributed by atoms with Crippen molar-refractivity contribution < 1.29 is 13.9 Å². The SMILES string of the molecule is O=C(c1cccc(OCc2cccnc2)c1)N(Cc1ccco1)C1CCCC1. The zero-order chi connectivity index (χ0) is 19.2. The van der Waals surface area contributed by atoms with E-state index in [2.05, 4.69) is 4.98 Å². The van der Waals surface area contributed by atoms with Gasteiger partial charge in [-0.05, 0) is 49.2 Å². The molecule has 1 saturated carbocycles. The molecule has 0 aliphatic heterocycles. The number of benzene rings is 1. The van der Waals surface area contributed by atoms with Gasteiger partial charge in [0, 0.05) is 29.6 Å². The van der Waals surface area contributed by atoms with Crippen LogP contribution in [0.4, 0.5) is 0 Å². The Morgan fingerprint density at radius 3 is 2.79 bits per heavy atom. The Kier molecular flexibility index (Phi) is 5.71. The number of rotatable bonds is 7. The van der Waals surface area contributed by atoms with Gasteiger partial charge in [0.25, 0.3) is 5.91 Å². The summed E-state index contributed by atoms with van der Waals surface area (Å²) in [5.74, 6) is 1.51. The van der Waals surface area contributed by atoms with Gasteiger partial charge in [-0.3, -0.25) is 9.78 Å². The van der Waals surface area contributed by atoms with E-state index in [9.17, 15) is 4.79 Å². The molecule has 0 N–H and O–H groups in total. The summed E-state index contributed by atoms with van der Waals surface area (Å²) in [6, 6.07) is 15.3. The second-order valence-electron chi connectivity index (χ2n) is 7.13. The largest absolute Gasteiger partial charge is 0.489 e. The van der Waals surface area contributed by atoms with E-state index in [0.717, 1.165) is 24.2 Å². The molecule has 1 fully saturated rings. The standard InChI is InChI=1S/C23H24N2O3/c26-23(25(20-8-1-2-9-20)16-22-11-5-13-27-22)19-7-3-10-21(14-19)28-17-18-6-4-12-24-15-18/h3-7,10-15,20H,1-2,8-9,16-17H2. The number of hydrogen-bond acceptors (Lipinski definition) is 4. The number of furan rings is 1. The summed E-state index contributed by atoms with van der Waals surface area (Å²) in [5, 5.41) is 0. The summed E-state index contributed by atoms with van der Waals surface area (Å²) in [6.07, 6.45) is 9.59. The van der Waals surface area contributed by atoms with Crippen molar-refractivity contribution in [2.45, 2.75) is 44.9 Å². The average molecular weight is 376 g/mol. The molecule has 5 nitrogen and oxygen atoms in total. The fourth-order valence-corrected chi connectivity index (χ4v) is 3.69. The molecule has 2 heterocycles. The molecule has 3 aromatic rings. The molecule has 1 aromatic carbocycles. The molecule has 0 unspecified atom stereocenters. The summed E-state index contributed by atoms with van der Waals surface area (Å²) in [7, 11) is 0. The molecule has 0 saturated heterocycles. The number of carbonyl (C=O) groups is 1. The van der Waals surface area contributed by atoms with Gasteiger partial charge in [-0.25, -0.2) is 0 Å². The summed E-state index contributed by atoms with van der Waals surface area (Å²) in [4.78, 5) is 19.3. The van der Waals surface area contributed by atoms with Crippen LogP contribution in [0.2, 0.25) is 0 Å². The highest BCUT2D eigenvalue weighted by atomic mass is 16.5. The van der Waals surface area contributed by atoms with E-state index in [1.165, 1.54) is 12.8 Å². The maximum absolute atomic E-state index is 13.3. The number of amides is 1. The number of carbonyl (C=O) groups excluding carboxylic acids is 1. The van der Waals surface area contributed by atoms with Crippen molar-refractivity contribution in [3.8, 4) is 5.75 Å². The fraction of sp³-hybridized carbons (Fsp3) is 0.304. The average Bonchev–Trinajstić information content (AvgIpc) is 3.45. The van der Waals surface area contributed by atoms with Crippen LogP contribution in [-0.2, 0) is 13.2 Å². The van der Waals surface area contributed by atoms with Crippen LogP contribution in [0, 0.1) is 0 Å². The van der Waals surface area contributed by atoms with E-state index in [-0.39, 0.29) is 11.9 Å². The first-order valence-electron chi connectivity index (χ1n) is 9.75. The molecule has 0 radical (unpaired) electrons. The van der Waals surface area contributed by atoms with Gasteiger partial charge in [-0.2, -0.15) is 0 Å². The topological polar surface area (TPSA) is 55.6 Å². The predicted octanol–water partition coefficient (Wildman–Crippen LogP) is 4.84. The lowest BCUT2D eigenvalue weighted by Gasteiger charge is -2.28. The van der Waals surface area contributed by atoms with Gasteiger partial charge in [0.05, 0.1) is 12.8 Å². The van der Waals surface area contributed by atoms with Crippen LogP contribution in [0.15, 0.2) is 71.6 Å². The number of aromatic nitrogens is 1. The van der Waals surface area contributed by atoms with E-state index in [4.69, 9.17) is 9.15 Å². The molecule has 1 aliphatic rings. The lowest BCUT2D eigenvalue weighted by Crippen LogP contribution is -2.38. The van der Waals surface area contributed by atoms with Gasteiger partial charge in [0.2, 0.25) is 0 Å². The second kappa shape index (κ2) is 8.74. The van der Waals surface area contributed by atoms with Crippen molar-refractivity contribution >= 4 is 5.91 Å². The second-order valence-corrected chi connectivity index (χ2v) is 7.13. The van der Waals surface area contributed by atoms with Crippen molar-refractivity contribution in [2.75, 3.05) is 0 Å². The molecule has 1 aliphatic carbocycles. The summed E-state index contributed by atoms with van der Waals surface area (Å²) >= 11 is 0. The third kappa shape index (κ3) is 4.42. The third-order valence-corrected chi connectivity index (χ3v) is 5.14. The predicted molar refractivity (Wildman–Crippen MR) is 106 cm³/mol. The summed E-state index contributed by atoms with van der Waals surface area (Å²) in [6.45, 7) is 0.918. The monoisotopic (exact) mass is 376 g/mol. The molecule has 0 atom stereocenters. The van der Waals surface area contributed by atoms with E-state index >= 15 is 0 Å². The van der Waals surface area contributed by atoms with Gasteiger partial charge >= 0.3 is 0 Å². The van der Waals surface area contributed by atoms with Gasteiger partial charge in [-0.15, -0.1) is 0 Å². The summed E-state index contributed by atoms with van der Waals surface area (Å²) < 4.78 is 11.4. The van der Waals surface area contributed by atoms with E-state index in [1.807, 2.05) is 53.4 Å².